The van der Waals surface area contributed by atoms with Gasteiger partial charge in [-0.3, -0.25) is 0 Å². The molecule has 1 unspecified atom stereocenters. The van der Waals surface area contributed by atoms with E-state index in [1.54, 1.807) is 12.1 Å². The number of hydrogen-bond donors (Lipinski definition) is 2. The first kappa shape index (κ1) is 16.9. The second-order valence-electron chi connectivity index (χ2n) is 5.30. The predicted molar refractivity (Wildman–Crippen MR) is 78.2 cm³/mol. The lowest BCUT2D eigenvalue weighted by Gasteiger charge is -2.17. The van der Waals surface area contributed by atoms with E-state index < -0.39 is 10.0 Å². The highest BCUT2D eigenvalue weighted by Gasteiger charge is 2.22. The maximum atomic E-state index is 12.4. The molecule has 0 radical (unpaired) electrons. The van der Waals surface area contributed by atoms with Crippen LogP contribution in [0.5, 0.6) is 5.75 Å². The van der Waals surface area contributed by atoms with Gasteiger partial charge in [-0.1, -0.05) is 19.9 Å². The van der Waals surface area contributed by atoms with Gasteiger partial charge in [-0.05, 0) is 37.0 Å². The first-order valence-electron chi connectivity index (χ1n) is 6.60. The van der Waals surface area contributed by atoms with Crippen LogP contribution in [0, 0.1) is 5.92 Å². The van der Waals surface area contributed by atoms with Gasteiger partial charge in [0.05, 0.1) is 13.7 Å². The molecule has 114 valence electrons. The molecule has 1 aromatic carbocycles. The molecule has 0 spiro atoms. The lowest BCUT2D eigenvalue weighted by atomic mass is 10.1. The maximum Gasteiger partial charge on any atom is 0.244 e. The van der Waals surface area contributed by atoms with E-state index in [9.17, 15) is 8.42 Å². The first-order chi connectivity index (χ1) is 9.30. The van der Waals surface area contributed by atoms with Crippen molar-refractivity contribution in [1.82, 2.24) is 4.72 Å². The quantitative estimate of drug-likeness (QED) is 0.806. The zero-order chi connectivity index (χ0) is 15.3. The third-order valence-electron chi connectivity index (χ3n) is 2.88. The normalized spacial score (nSPS) is 13.5. The fraction of sp³-hybridized carbons (Fsp3) is 0.571. The number of benzene rings is 1. The van der Waals surface area contributed by atoms with Crippen molar-refractivity contribution in [3.8, 4) is 5.75 Å². The summed E-state index contributed by atoms with van der Waals surface area (Å²) in [5.74, 6) is 0.671. The average Bonchev–Trinajstić information content (AvgIpc) is 2.36. The Bertz CT molecular complexity index is 540. The molecule has 20 heavy (non-hydrogen) atoms. The highest BCUT2D eigenvalue weighted by atomic mass is 32.2. The van der Waals surface area contributed by atoms with Gasteiger partial charge >= 0.3 is 0 Å². The Kier molecular flexibility index (Phi) is 5.98. The van der Waals surface area contributed by atoms with E-state index in [0.717, 1.165) is 6.42 Å². The lowest BCUT2D eigenvalue weighted by molar-refractivity contribution is 0.281. The summed E-state index contributed by atoms with van der Waals surface area (Å²) < 4.78 is 32.5. The number of nitrogens with one attached hydrogen (secondary N) is 1. The number of aliphatic hydroxyl groups is 1. The van der Waals surface area contributed by atoms with Gasteiger partial charge < -0.3 is 9.84 Å². The molecule has 0 saturated heterocycles. The van der Waals surface area contributed by atoms with E-state index in [2.05, 4.69) is 4.72 Å². The Hall–Kier alpha value is -1.11. The van der Waals surface area contributed by atoms with Crippen LogP contribution in [0.1, 0.15) is 32.8 Å². The van der Waals surface area contributed by atoms with Crippen molar-refractivity contribution in [3.63, 3.8) is 0 Å². The lowest BCUT2D eigenvalue weighted by Crippen LogP contribution is -2.33. The van der Waals surface area contributed by atoms with Gasteiger partial charge in [0.25, 0.3) is 0 Å². The largest absolute Gasteiger partial charge is 0.495 e. The monoisotopic (exact) mass is 301 g/mol. The highest BCUT2D eigenvalue weighted by molar-refractivity contribution is 7.89. The molecule has 1 atom stereocenters. The van der Waals surface area contributed by atoms with Crippen molar-refractivity contribution in [2.75, 3.05) is 7.11 Å². The molecule has 0 saturated carbocycles. The summed E-state index contributed by atoms with van der Waals surface area (Å²) in [6.45, 7) is 5.70. The van der Waals surface area contributed by atoms with Gasteiger partial charge in [0, 0.05) is 6.04 Å². The molecule has 2 N–H and O–H groups in total. The predicted octanol–water partition coefficient (Wildman–Crippen LogP) is 1.90. The van der Waals surface area contributed by atoms with E-state index in [1.807, 2.05) is 20.8 Å². The number of aliphatic hydroxyl groups excluding tert-OH is 1. The first-order valence-corrected chi connectivity index (χ1v) is 8.08. The van der Waals surface area contributed by atoms with Crippen LogP contribution in [0.3, 0.4) is 0 Å². The summed E-state index contributed by atoms with van der Waals surface area (Å²) in [5.41, 5.74) is 0.530. The maximum absolute atomic E-state index is 12.4. The van der Waals surface area contributed by atoms with Crippen molar-refractivity contribution in [2.45, 2.75) is 44.7 Å². The average molecular weight is 301 g/mol. The van der Waals surface area contributed by atoms with Crippen LogP contribution in [-0.2, 0) is 16.6 Å². The van der Waals surface area contributed by atoms with E-state index in [1.165, 1.54) is 13.2 Å². The smallest absolute Gasteiger partial charge is 0.244 e. The Labute approximate surface area is 121 Å². The summed E-state index contributed by atoms with van der Waals surface area (Å²) >= 11 is 0. The third kappa shape index (κ3) is 4.47. The minimum absolute atomic E-state index is 0.0576. The Morgan fingerprint density at radius 2 is 1.95 bits per heavy atom. The van der Waals surface area contributed by atoms with E-state index in [-0.39, 0.29) is 23.3 Å². The second-order valence-corrected chi connectivity index (χ2v) is 6.98. The second kappa shape index (κ2) is 7.06. The Balaban J connectivity index is 3.07. The topological polar surface area (TPSA) is 75.6 Å². The minimum atomic E-state index is -3.67. The van der Waals surface area contributed by atoms with Gasteiger partial charge in [0.15, 0.2) is 0 Å². The zero-order valence-electron chi connectivity index (χ0n) is 12.4. The molecule has 0 fully saturated rings. The molecular weight excluding hydrogens is 278 g/mol. The number of ether oxygens (including phenoxy) is 1. The molecule has 1 rings (SSSR count). The minimum Gasteiger partial charge on any atom is -0.495 e. The van der Waals surface area contributed by atoms with Crippen LogP contribution in [0.2, 0.25) is 0 Å². The van der Waals surface area contributed by atoms with Crippen LogP contribution >= 0.6 is 0 Å². The molecule has 0 amide bonds. The molecular formula is C14H23NO4S. The molecule has 0 aliphatic carbocycles. The third-order valence-corrected chi connectivity index (χ3v) is 4.49. The number of sulfonamides is 1. The molecule has 5 nitrogen and oxygen atoms in total. The molecule has 1 aromatic rings. The molecule has 0 aromatic heterocycles. The highest BCUT2D eigenvalue weighted by Crippen LogP contribution is 2.25. The standard InChI is InChI=1S/C14H23NO4S/c1-10(2)7-11(3)15-20(17,18)14-8-12(9-16)5-6-13(14)19-4/h5-6,8,10-11,15-16H,7,9H2,1-4H3. The summed E-state index contributed by atoms with van der Waals surface area (Å²) in [6, 6.07) is 4.45. The van der Waals surface area contributed by atoms with Crippen LogP contribution in [0.25, 0.3) is 0 Å². The summed E-state index contributed by atoms with van der Waals surface area (Å²) in [7, 11) is -2.25. The fourth-order valence-electron chi connectivity index (χ4n) is 2.11. The van der Waals surface area contributed by atoms with Crippen molar-refractivity contribution < 1.29 is 18.3 Å². The summed E-state index contributed by atoms with van der Waals surface area (Å²) in [5, 5.41) is 9.14. The zero-order valence-corrected chi connectivity index (χ0v) is 13.2. The number of rotatable bonds is 7. The molecule has 0 aliphatic rings. The van der Waals surface area contributed by atoms with Crippen LogP contribution < -0.4 is 9.46 Å². The summed E-state index contributed by atoms with van der Waals surface area (Å²) in [6.07, 6.45) is 0.751. The van der Waals surface area contributed by atoms with Crippen LogP contribution in [0.15, 0.2) is 23.1 Å². The molecule has 0 aliphatic heterocycles. The molecule has 6 heteroatoms. The van der Waals surface area contributed by atoms with Crippen molar-refractivity contribution in [1.29, 1.82) is 0 Å². The summed E-state index contributed by atoms with van der Waals surface area (Å²) in [4.78, 5) is 0.0576. The molecule has 0 bridgehead atoms. The van der Waals surface area contributed by atoms with Crippen molar-refractivity contribution in [2.24, 2.45) is 5.92 Å². The Morgan fingerprint density at radius 1 is 1.30 bits per heavy atom. The SMILES string of the molecule is COc1ccc(CO)cc1S(=O)(=O)NC(C)CC(C)C. The van der Waals surface area contributed by atoms with Gasteiger partial charge in [0.2, 0.25) is 10.0 Å². The van der Waals surface area contributed by atoms with Crippen molar-refractivity contribution >= 4 is 10.0 Å². The van der Waals surface area contributed by atoms with Crippen molar-refractivity contribution in [3.05, 3.63) is 23.8 Å². The number of hydrogen-bond acceptors (Lipinski definition) is 4. The Morgan fingerprint density at radius 3 is 2.45 bits per heavy atom. The van der Waals surface area contributed by atoms with Gasteiger partial charge in [-0.2, -0.15) is 0 Å². The fourth-order valence-corrected chi connectivity index (χ4v) is 3.59. The van der Waals surface area contributed by atoms with Gasteiger partial charge in [-0.15, -0.1) is 0 Å². The number of methoxy groups -OCH3 is 1. The van der Waals surface area contributed by atoms with E-state index in [0.29, 0.717) is 11.5 Å². The van der Waals surface area contributed by atoms with E-state index >= 15 is 0 Å². The van der Waals surface area contributed by atoms with E-state index in [4.69, 9.17) is 9.84 Å². The van der Waals surface area contributed by atoms with Crippen LogP contribution in [0.4, 0.5) is 0 Å². The van der Waals surface area contributed by atoms with Gasteiger partial charge in [-0.25, -0.2) is 13.1 Å². The van der Waals surface area contributed by atoms with Crippen LogP contribution in [-0.4, -0.2) is 26.7 Å². The molecule has 0 heterocycles. The van der Waals surface area contributed by atoms with Gasteiger partial charge in [0.1, 0.15) is 10.6 Å².